The highest BCUT2D eigenvalue weighted by Gasteiger charge is 2.37. The van der Waals surface area contributed by atoms with Gasteiger partial charge in [0, 0.05) is 18.9 Å². The second kappa shape index (κ2) is 5.68. The Kier molecular flexibility index (Phi) is 4.12. The molecule has 21 heavy (non-hydrogen) atoms. The van der Waals surface area contributed by atoms with E-state index in [1.165, 1.54) is 0 Å². The zero-order valence-electron chi connectivity index (χ0n) is 10.8. The number of aromatic nitrogens is 1. The van der Waals surface area contributed by atoms with E-state index >= 15 is 0 Å². The number of amides is 2. The van der Waals surface area contributed by atoms with E-state index in [4.69, 9.17) is 10.5 Å². The zero-order chi connectivity index (χ0) is 15.6. The van der Waals surface area contributed by atoms with Gasteiger partial charge >= 0.3 is 6.18 Å². The van der Waals surface area contributed by atoms with Gasteiger partial charge in [-0.2, -0.15) is 13.2 Å². The van der Waals surface area contributed by atoms with Crippen molar-refractivity contribution in [1.29, 1.82) is 0 Å². The fraction of sp³-hybridized carbons (Fsp3) is 0.417. The average molecular weight is 303 g/mol. The van der Waals surface area contributed by atoms with Gasteiger partial charge < -0.3 is 15.4 Å². The molecular weight excluding hydrogens is 291 g/mol. The van der Waals surface area contributed by atoms with Crippen LogP contribution in [0.3, 0.4) is 0 Å². The van der Waals surface area contributed by atoms with Crippen LogP contribution in [0.2, 0.25) is 0 Å². The topological polar surface area (TPSA) is 85.5 Å². The van der Waals surface area contributed by atoms with E-state index in [1.54, 1.807) is 0 Å². The summed E-state index contributed by atoms with van der Waals surface area (Å²) in [5, 5.41) is 0. The number of hydrogen-bond donors (Lipinski definition) is 1. The Labute approximate surface area is 117 Å². The lowest BCUT2D eigenvalue weighted by atomic mass is 10.1. The van der Waals surface area contributed by atoms with Gasteiger partial charge in [-0.3, -0.25) is 14.6 Å². The molecule has 1 aromatic heterocycles. The van der Waals surface area contributed by atoms with E-state index in [0.717, 1.165) is 17.2 Å². The Morgan fingerprint density at radius 1 is 1.43 bits per heavy atom. The zero-order valence-corrected chi connectivity index (χ0v) is 10.8. The predicted molar refractivity (Wildman–Crippen MR) is 64.1 cm³/mol. The molecule has 2 heterocycles. The smallest absolute Gasteiger partial charge is 0.367 e. The molecule has 9 heteroatoms. The number of primary amides is 1. The van der Waals surface area contributed by atoms with E-state index in [0.29, 0.717) is 6.20 Å². The lowest BCUT2D eigenvalue weighted by molar-refractivity contribution is -0.138. The van der Waals surface area contributed by atoms with Crippen molar-refractivity contribution in [1.82, 2.24) is 9.88 Å². The second-order valence-electron chi connectivity index (χ2n) is 4.43. The molecule has 1 saturated heterocycles. The van der Waals surface area contributed by atoms with Crippen LogP contribution in [0, 0.1) is 0 Å². The summed E-state index contributed by atoms with van der Waals surface area (Å²) in [5.41, 5.74) is 3.45. The van der Waals surface area contributed by atoms with E-state index in [-0.39, 0.29) is 19.7 Å². The maximum absolute atomic E-state index is 12.9. The van der Waals surface area contributed by atoms with Gasteiger partial charge in [0.2, 0.25) is 5.91 Å². The molecule has 0 spiro atoms. The largest absolute Gasteiger partial charge is 0.418 e. The summed E-state index contributed by atoms with van der Waals surface area (Å²) in [7, 11) is 0. The summed E-state index contributed by atoms with van der Waals surface area (Å²) in [5.74, 6) is -1.60. The van der Waals surface area contributed by atoms with Gasteiger partial charge in [-0.25, -0.2) is 0 Å². The maximum Gasteiger partial charge on any atom is 0.418 e. The second-order valence-corrected chi connectivity index (χ2v) is 4.43. The van der Waals surface area contributed by atoms with Crippen LogP contribution in [0.1, 0.15) is 15.9 Å². The van der Waals surface area contributed by atoms with Crippen LogP contribution in [0.15, 0.2) is 18.5 Å². The normalized spacial score (nSPS) is 19.4. The van der Waals surface area contributed by atoms with Gasteiger partial charge in [-0.1, -0.05) is 0 Å². The first-order valence-electron chi connectivity index (χ1n) is 6.02. The van der Waals surface area contributed by atoms with Gasteiger partial charge in [0.1, 0.15) is 0 Å². The molecule has 0 aromatic carbocycles. The summed E-state index contributed by atoms with van der Waals surface area (Å²) < 4.78 is 43.7. The average Bonchev–Trinajstić information content (AvgIpc) is 2.45. The Balaban J connectivity index is 2.26. The number of carbonyl (C=O) groups excluding carboxylic acids is 2. The number of pyridine rings is 1. The molecule has 6 nitrogen and oxygen atoms in total. The maximum atomic E-state index is 12.9. The number of carbonyl (C=O) groups is 2. The van der Waals surface area contributed by atoms with Crippen molar-refractivity contribution in [3.63, 3.8) is 0 Å². The van der Waals surface area contributed by atoms with E-state index in [9.17, 15) is 22.8 Å². The third kappa shape index (κ3) is 3.30. The molecular formula is C12H12F3N3O3. The molecule has 114 valence electrons. The standard InChI is InChI=1S/C12H12F3N3O3/c13-12(14,15)8-5-17-2-1-7(8)11(20)18-3-4-21-9(6-18)10(16)19/h1-2,5,9H,3-4,6H2,(H2,16,19). The van der Waals surface area contributed by atoms with Crippen LogP contribution >= 0.6 is 0 Å². The van der Waals surface area contributed by atoms with Gasteiger partial charge in [0.05, 0.1) is 24.3 Å². The predicted octanol–water partition coefficient (Wildman–Crippen LogP) is 0.427. The minimum absolute atomic E-state index is 0.0335. The van der Waals surface area contributed by atoms with Gasteiger partial charge in [0.15, 0.2) is 6.10 Å². The number of rotatable bonds is 2. The van der Waals surface area contributed by atoms with E-state index in [1.807, 2.05) is 0 Å². The van der Waals surface area contributed by atoms with Crippen LogP contribution in [-0.2, 0) is 15.7 Å². The molecule has 2 rings (SSSR count). The molecule has 0 bridgehead atoms. The molecule has 1 unspecified atom stereocenters. The van der Waals surface area contributed by atoms with Crippen molar-refractivity contribution in [2.45, 2.75) is 12.3 Å². The summed E-state index contributed by atoms with van der Waals surface area (Å²) in [6, 6.07) is 1.000. The van der Waals surface area contributed by atoms with E-state index < -0.39 is 35.2 Å². The molecule has 1 fully saturated rings. The summed E-state index contributed by atoms with van der Waals surface area (Å²) >= 11 is 0. The minimum atomic E-state index is -4.69. The quantitative estimate of drug-likeness (QED) is 0.858. The Morgan fingerprint density at radius 3 is 2.76 bits per heavy atom. The number of alkyl halides is 3. The Morgan fingerprint density at radius 2 is 2.14 bits per heavy atom. The van der Waals surface area contributed by atoms with Gasteiger partial charge in [-0.15, -0.1) is 0 Å². The molecule has 1 aromatic rings. The Hall–Kier alpha value is -2.16. The molecule has 0 saturated carbocycles. The highest BCUT2D eigenvalue weighted by molar-refractivity contribution is 5.96. The molecule has 1 aliphatic rings. The van der Waals surface area contributed by atoms with Crippen molar-refractivity contribution < 1.29 is 27.5 Å². The van der Waals surface area contributed by atoms with Crippen LogP contribution in [-0.4, -0.2) is 47.5 Å². The molecule has 2 N–H and O–H groups in total. The van der Waals surface area contributed by atoms with Crippen molar-refractivity contribution in [2.75, 3.05) is 19.7 Å². The molecule has 2 amide bonds. The van der Waals surface area contributed by atoms with Crippen LogP contribution < -0.4 is 5.73 Å². The first-order valence-corrected chi connectivity index (χ1v) is 6.02. The van der Waals surface area contributed by atoms with E-state index in [2.05, 4.69) is 4.98 Å². The molecule has 0 radical (unpaired) electrons. The Bertz CT molecular complexity index is 562. The number of halogens is 3. The lowest BCUT2D eigenvalue weighted by Crippen LogP contribution is -2.50. The summed E-state index contributed by atoms with van der Waals surface area (Å²) in [6.07, 6.45) is -4.00. The summed E-state index contributed by atoms with van der Waals surface area (Å²) in [6.45, 7) is -0.0538. The third-order valence-electron chi connectivity index (χ3n) is 3.03. The SMILES string of the molecule is NC(=O)C1CN(C(=O)c2ccncc2C(F)(F)F)CCO1. The fourth-order valence-corrected chi connectivity index (χ4v) is 1.98. The molecule has 0 aliphatic carbocycles. The first kappa shape index (κ1) is 15.2. The van der Waals surface area contributed by atoms with Crippen LogP contribution in [0.5, 0.6) is 0 Å². The lowest BCUT2D eigenvalue weighted by Gasteiger charge is -2.31. The highest BCUT2D eigenvalue weighted by Crippen LogP contribution is 2.32. The summed E-state index contributed by atoms with van der Waals surface area (Å²) in [4.78, 5) is 27.8. The molecule has 1 atom stereocenters. The minimum Gasteiger partial charge on any atom is -0.367 e. The van der Waals surface area contributed by atoms with Crippen molar-refractivity contribution >= 4 is 11.8 Å². The number of morpholine rings is 1. The van der Waals surface area contributed by atoms with Crippen molar-refractivity contribution in [3.8, 4) is 0 Å². The van der Waals surface area contributed by atoms with Gasteiger partial charge in [0.25, 0.3) is 5.91 Å². The van der Waals surface area contributed by atoms with Crippen molar-refractivity contribution in [3.05, 3.63) is 29.6 Å². The fourth-order valence-electron chi connectivity index (χ4n) is 1.98. The van der Waals surface area contributed by atoms with Crippen molar-refractivity contribution in [2.24, 2.45) is 5.73 Å². The number of nitrogens with two attached hydrogens (primary N) is 1. The highest BCUT2D eigenvalue weighted by atomic mass is 19.4. The number of ether oxygens (including phenoxy) is 1. The molecule has 1 aliphatic heterocycles. The monoisotopic (exact) mass is 303 g/mol. The third-order valence-corrected chi connectivity index (χ3v) is 3.03. The number of hydrogen-bond acceptors (Lipinski definition) is 4. The number of nitrogens with zero attached hydrogens (tertiary/aromatic N) is 2. The van der Waals surface area contributed by atoms with Crippen LogP contribution in [0.25, 0.3) is 0 Å². The van der Waals surface area contributed by atoms with Gasteiger partial charge in [-0.05, 0) is 6.07 Å². The first-order chi connectivity index (χ1) is 9.80. The van der Waals surface area contributed by atoms with Crippen LogP contribution in [0.4, 0.5) is 13.2 Å².